The Kier molecular flexibility index (Phi) is 25.3. The van der Waals surface area contributed by atoms with E-state index in [1.807, 2.05) is 20.0 Å². The van der Waals surface area contributed by atoms with Gasteiger partial charge in [-0.15, -0.1) is 17.4 Å². The lowest BCUT2D eigenvalue weighted by Crippen LogP contribution is -2.35. The topological polar surface area (TPSA) is 246 Å². The number of carbonyl (C=O) groups excluding carboxylic acids is 4. The van der Waals surface area contributed by atoms with Crippen LogP contribution in [0, 0.1) is 18.3 Å². The van der Waals surface area contributed by atoms with Gasteiger partial charge in [-0.05, 0) is 11.8 Å². The molecule has 4 amide bonds. The van der Waals surface area contributed by atoms with Crippen molar-refractivity contribution in [3.8, 4) is 12.3 Å². The molecule has 1 aromatic heterocycles. The minimum absolute atomic E-state index is 0.00961. The molecule has 1 aliphatic heterocycles. The van der Waals surface area contributed by atoms with Crippen LogP contribution in [-0.2, 0) is 41.6 Å². The van der Waals surface area contributed by atoms with Crippen molar-refractivity contribution < 1.29 is 28.7 Å². The number of rotatable bonds is 20. The molecule has 1 aromatic rings. The minimum atomic E-state index is -0.290. The minimum Gasteiger partial charge on any atom is -0.380 e. The number of ether oxygens (including phenoxy) is 2. The number of amides is 4. The van der Waals surface area contributed by atoms with Crippen molar-refractivity contribution in [3.05, 3.63) is 22.3 Å². The van der Waals surface area contributed by atoms with Gasteiger partial charge in [0, 0.05) is 82.0 Å². The molecule has 0 radical (unpaired) electrons. The zero-order valence-corrected chi connectivity index (χ0v) is 27.9. The van der Waals surface area contributed by atoms with Crippen molar-refractivity contribution >= 4 is 35.4 Å². The number of azide groups is 1. The lowest BCUT2D eigenvalue weighted by molar-refractivity contribution is -0.138. The second-order valence-corrected chi connectivity index (χ2v) is 10.8. The highest BCUT2D eigenvalue weighted by molar-refractivity contribution is 8.00. The quantitative estimate of drug-likeness (QED) is 0.0355. The molecule has 1 unspecified atom stereocenters. The number of carbonyl (C=O) groups is 4. The Morgan fingerprint density at radius 2 is 1.87 bits per heavy atom. The van der Waals surface area contributed by atoms with Gasteiger partial charge in [0.25, 0.3) is 0 Å². The van der Waals surface area contributed by atoms with Crippen molar-refractivity contribution in [3.63, 3.8) is 0 Å². The zero-order chi connectivity index (χ0) is 34.6. The number of imide groups is 1. The van der Waals surface area contributed by atoms with Crippen molar-refractivity contribution in [2.75, 3.05) is 72.0 Å². The fourth-order valence-corrected chi connectivity index (χ4v) is 4.05. The van der Waals surface area contributed by atoms with Crippen LogP contribution < -0.4 is 22.1 Å². The highest BCUT2D eigenvalue weighted by atomic mass is 32.2. The number of hydrogen-bond donors (Lipinski definition) is 4. The van der Waals surface area contributed by atoms with E-state index in [4.69, 9.17) is 32.9 Å². The highest BCUT2D eigenvalue weighted by Crippen LogP contribution is 2.22. The van der Waals surface area contributed by atoms with E-state index < -0.39 is 0 Å². The van der Waals surface area contributed by atoms with Gasteiger partial charge in [0.2, 0.25) is 23.6 Å². The second kappa shape index (κ2) is 27.6. The Morgan fingerprint density at radius 3 is 2.46 bits per heavy atom. The largest absolute Gasteiger partial charge is 0.380 e. The predicted octanol–water partition coefficient (Wildman–Crippen LogP) is -0.153. The van der Waals surface area contributed by atoms with E-state index in [2.05, 4.69) is 36.9 Å². The third kappa shape index (κ3) is 20.3. The van der Waals surface area contributed by atoms with E-state index in [1.54, 1.807) is 10.9 Å². The van der Waals surface area contributed by atoms with Crippen LogP contribution in [0.4, 0.5) is 0 Å². The first-order valence-corrected chi connectivity index (χ1v) is 16.2. The smallest absolute Gasteiger partial charge is 0.242 e. The fourth-order valence-electron chi connectivity index (χ4n) is 3.41. The molecule has 0 aromatic carbocycles. The van der Waals surface area contributed by atoms with Crippen LogP contribution in [0.1, 0.15) is 38.8 Å². The number of nitrogens with zero attached hydrogens (tertiary/aromatic N) is 7. The van der Waals surface area contributed by atoms with Gasteiger partial charge in [-0.2, -0.15) is 11.8 Å². The third-order valence-corrected chi connectivity index (χ3v) is 6.76. The molecule has 0 saturated carbocycles. The summed E-state index contributed by atoms with van der Waals surface area (Å²) in [6.07, 6.45) is 10.2. The molecule has 46 heavy (non-hydrogen) atoms. The summed E-state index contributed by atoms with van der Waals surface area (Å²) in [6.45, 7) is 9.09. The maximum absolute atomic E-state index is 11.7. The van der Waals surface area contributed by atoms with Crippen LogP contribution >= 0.6 is 11.8 Å². The Balaban J connectivity index is 0.000000703. The fraction of sp³-hybridized carbons (Fsp3) is 0.714. The lowest BCUT2D eigenvalue weighted by atomic mass is 10.2. The second-order valence-electron chi connectivity index (χ2n) is 9.79. The van der Waals surface area contributed by atoms with E-state index in [-0.39, 0.29) is 54.2 Å². The molecule has 6 N–H and O–H groups in total. The summed E-state index contributed by atoms with van der Waals surface area (Å²) in [4.78, 5) is 49.8. The SMILES string of the molecule is C#CCCNC(=O)CCN1C(=O)CC(SC)C1=O.CC(C)C(=O)NCCc1cn(CCOCCN)nn1.[N-]=[N+]=NCCOCCN. The molecule has 0 bridgehead atoms. The van der Waals surface area contributed by atoms with Crippen LogP contribution in [0.2, 0.25) is 0 Å². The van der Waals surface area contributed by atoms with Crippen molar-refractivity contribution in [1.29, 1.82) is 0 Å². The highest BCUT2D eigenvalue weighted by Gasteiger charge is 2.37. The summed E-state index contributed by atoms with van der Waals surface area (Å²) in [7, 11) is 0. The Labute approximate surface area is 274 Å². The van der Waals surface area contributed by atoms with Crippen molar-refractivity contribution in [2.24, 2.45) is 22.5 Å². The first kappa shape index (κ1) is 42.3. The van der Waals surface area contributed by atoms with Gasteiger partial charge >= 0.3 is 0 Å². The normalized spacial score (nSPS) is 13.6. The van der Waals surface area contributed by atoms with Gasteiger partial charge in [-0.25, -0.2) is 4.68 Å². The Hall–Kier alpha value is -3.72. The summed E-state index contributed by atoms with van der Waals surface area (Å²) >= 11 is 1.36. The number of likely N-dealkylation sites (tertiary alicyclic amines) is 1. The van der Waals surface area contributed by atoms with Gasteiger partial charge < -0.3 is 31.6 Å². The van der Waals surface area contributed by atoms with Crippen LogP contribution in [0.15, 0.2) is 11.3 Å². The van der Waals surface area contributed by atoms with Gasteiger partial charge in [0.15, 0.2) is 0 Å². The Bertz CT molecular complexity index is 1120. The van der Waals surface area contributed by atoms with Crippen LogP contribution in [-0.4, -0.2) is 121 Å². The molecule has 17 nitrogen and oxygen atoms in total. The molecule has 2 heterocycles. The molecule has 0 spiro atoms. The van der Waals surface area contributed by atoms with E-state index in [9.17, 15) is 19.2 Å². The standard InChI is InChI=1S/C12H23N5O2.C12H16N2O3S.C4H10N4O/c1-10(2)12(18)14-5-3-11-9-17(16-15-11)6-8-19-7-4-13;1-3-4-6-13-10(15)5-7-14-11(16)8-9(18-2)12(14)17;5-1-3-9-4-2-7-8-6/h9-10H,3-8,13H2,1-2H3,(H,14,18);1,9H,4-8H2,2H3,(H,13,15);1-5H2. The molecular weight excluding hydrogens is 618 g/mol. The molecule has 1 aliphatic rings. The van der Waals surface area contributed by atoms with Crippen LogP contribution in [0.3, 0.4) is 0 Å². The molecule has 1 saturated heterocycles. The van der Waals surface area contributed by atoms with Gasteiger partial charge in [0.1, 0.15) is 0 Å². The zero-order valence-electron chi connectivity index (χ0n) is 27.1. The molecule has 2 rings (SSSR count). The number of aromatic nitrogens is 3. The molecule has 1 fully saturated rings. The molecule has 0 aliphatic carbocycles. The molecule has 258 valence electrons. The lowest BCUT2D eigenvalue weighted by Gasteiger charge is -2.14. The van der Waals surface area contributed by atoms with Crippen LogP contribution in [0.5, 0.6) is 0 Å². The van der Waals surface area contributed by atoms with E-state index in [0.29, 0.717) is 78.5 Å². The van der Waals surface area contributed by atoms with Gasteiger partial charge in [-0.3, -0.25) is 24.1 Å². The summed E-state index contributed by atoms with van der Waals surface area (Å²) < 4.78 is 11.9. The van der Waals surface area contributed by atoms with E-state index in [1.165, 1.54) is 16.7 Å². The first-order valence-electron chi connectivity index (χ1n) is 14.9. The molecular formula is C28H49N11O6S. The average molecular weight is 668 g/mol. The average Bonchev–Trinajstić information content (AvgIpc) is 3.61. The van der Waals surface area contributed by atoms with Gasteiger partial charge in [-0.1, -0.05) is 24.2 Å². The number of nitrogens with one attached hydrogen (secondary N) is 2. The van der Waals surface area contributed by atoms with Gasteiger partial charge in [0.05, 0.1) is 43.9 Å². The number of thioether (sulfide) groups is 1. The number of terminal acetylenes is 1. The summed E-state index contributed by atoms with van der Waals surface area (Å²) in [5.74, 6) is 1.89. The number of hydrogen-bond acceptors (Lipinski definition) is 12. The van der Waals surface area contributed by atoms with E-state index >= 15 is 0 Å². The first-order chi connectivity index (χ1) is 22.1. The maximum atomic E-state index is 11.7. The molecule has 18 heteroatoms. The Morgan fingerprint density at radius 1 is 1.17 bits per heavy atom. The summed E-state index contributed by atoms with van der Waals surface area (Å²) in [6, 6.07) is 0. The van der Waals surface area contributed by atoms with E-state index in [0.717, 1.165) is 5.69 Å². The number of nitrogens with two attached hydrogens (primary N) is 2. The van der Waals surface area contributed by atoms with Crippen LogP contribution in [0.25, 0.3) is 10.4 Å². The predicted molar refractivity (Wildman–Crippen MR) is 175 cm³/mol. The molecule has 1 atom stereocenters. The van der Waals surface area contributed by atoms with Crippen molar-refractivity contribution in [2.45, 2.75) is 51.3 Å². The summed E-state index contributed by atoms with van der Waals surface area (Å²) in [5.41, 5.74) is 19.1. The monoisotopic (exact) mass is 667 g/mol. The summed E-state index contributed by atoms with van der Waals surface area (Å²) in [5, 5.41) is 16.5. The maximum Gasteiger partial charge on any atom is 0.242 e. The van der Waals surface area contributed by atoms with Crippen molar-refractivity contribution in [1.82, 2.24) is 30.5 Å². The third-order valence-electron chi connectivity index (χ3n) is 5.82.